The van der Waals surface area contributed by atoms with Gasteiger partial charge in [-0.1, -0.05) is 18.2 Å². The van der Waals surface area contributed by atoms with Gasteiger partial charge in [0.25, 0.3) is 5.91 Å². The quantitative estimate of drug-likeness (QED) is 0.543. The summed E-state index contributed by atoms with van der Waals surface area (Å²) in [5.74, 6) is -0.880. The van der Waals surface area contributed by atoms with Crippen molar-refractivity contribution in [3.8, 4) is 0 Å². The molecule has 1 aliphatic carbocycles. The van der Waals surface area contributed by atoms with Gasteiger partial charge >= 0.3 is 0 Å². The first-order valence-electron chi connectivity index (χ1n) is 8.80. The van der Waals surface area contributed by atoms with E-state index in [0.717, 1.165) is 29.7 Å². The summed E-state index contributed by atoms with van der Waals surface area (Å²) in [7, 11) is 0. The first kappa shape index (κ1) is 17.5. The Labute approximate surface area is 160 Å². The molecule has 0 spiro atoms. The molecule has 2 aromatic heterocycles. The molecule has 0 unspecified atom stereocenters. The number of amides is 1. The smallest absolute Gasteiger partial charge is 0.290 e. The van der Waals surface area contributed by atoms with E-state index in [1.165, 1.54) is 29.5 Å². The third kappa shape index (κ3) is 3.66. The van der Waals surface area contributed by atoms with Crippen LogP contribution < -0.4 is 9.88 Å². The molecule has 136 valence electrons. The molecule has 0 saturated heterocycles. The van der Waals surface area contributed by atoms with Crippen molar-refractivity contribution in [1.29, 1.82) is 0 Å². The highest BCUT2D eigenvalue weighted by atomic mass is 32.1. The zero-order valence-corrected chi connectivity index (χ0v) is 15.4. The first-order chi connectivity index (χ1) is 13.1. The summed E-state index contributed by atoms with van der Waals surface area (Å²) in [6, 6.07) is 11.3. The predicted molar refractivity (Wildman–Crippen MR) is 101 cm³/mol. The van der Waals surface area contributed by atoms with E-state index in [2.05, 4.69) is 5.32 Å². The van der Waals surface area contributed by atoms with Crippen LogP contribution in [0, 0.1) is 5.82 Å². The summed E-state index contributed by atoms with van der Waals surface area (Å²) in [6.07, 6.45) is 6.34. The van der Waals surface area contributed by atoms with Crippen LogP contribution in [0.5, 0.6) is 0 Å². The Balaban J connectivity index is 1.64. The fraction of sp³-hybridized carbons (Fsp3) is 0.190. The van der Waals surface area contributed by atoms with E-state index in [1.54, 1.807) is 10.6 Å². The maximum absolute atomic E-state index is 13.6. The Hall–Kier alpha value is -2.86. The standard InChI is InChI=1S/C21H17FN2O2S/c22-15-7-4-6-14(12-15)20(26)19-16-8-5-9-17(16)27-21(19)23-18(25)13-24-10-2-1-3-11-24/h1-4,6-7,10-12H,5,8-9,13H2/p+1. The number of rotatable bonds is 5. The van der Waals surface area contributed by atoms with Crippen molar-refractivity contribution in [3.63, 3.8) is 0 Å². The normalized spacial score (nSPS) is 12.6. The van der Waals surface area contributed by atoms with Gasteiger partial charge in [0.05, 0.1) is 5.56 Å². The molecule has 1 aromatic carbocycles. The maximum Gasteiger partial charge on any atom is 0.290 e. The van der Waals surface area contributed by atoms with E-state index in [9.17, 15) is 14.0 Å². The Morgan fingerprint density at radius 2 is 1.93 bits per heavy atom. The molecule has 3 aromatic rings. The van der Waals surface area contributed by atoms with Crippen LogP contribution in [-0.2, 0) is 24.2 Å². The third-order valence-corrected chi connectivity index (χ3v) is 5.80. The number of nitrogens with one attached hydrogen (secondary N) is 1. The van der Waals surface area contributed by atoms with Crippen LogP contribution in [0.2, 0.25) is 0 Å². The molecule has 0 fully saturated rings. The zero-order valence-electron chi connectivity index (χ0n) is 14.6. The van der Waals surface area contributed by atoms with E-state index in [0.29, 0.717) is 16.1 Å². The van der Waals surface area contributed by atoms with Crippen LogP contribution in [0.25, 0.3) is 0 Å². The molecule has 6 heteroatoms. The number of pyridine rings is 1. The van der Waals surface area contributed by atoms with E-state index in [4.69, 9.17) is 0 Å². The molecule has 1 aliphatic rings. The van der Waals surface area contributed by atoms with Crippen LogP contribution in [0.1, 0.15) is 32.8 Å². The fourth-order valence-electron chi connectivity index (χ4n) is 3.38. The Bertz CT molecular complexity index is 1010. The molecular formula is C21H18FN2O2S+. The Kier molecular flexibility index (Phi) is 4.81. The lowest BCUT2D eigenvalue weighted by Gasteiger charge is -2.07. The first-order valence-corrected chi connectivity index (χ1v) is 9.62. The number of aromatic nitrogens is 1. The predicted octanol–water partition coefficient (Wildman–Crippen LogP) is 3.53. The van der Waals surface area contributed by atoms with E-state index < -0.39 is 5.82 Å². The average molecular weight is 381 g/mol. The summed E-state index contributed by atoms with van der Waals surface area (Å²) in [5.41, 5.74) is 1.82. The van der Waals surface area contributed by atoms with E-state index in [1.807, 2.05) is 30.6 Å². The highest BCUT2D eigenvalue weighted by Gasteiger charge is 2.28. The summed E-state index contributed by atoms with van der Waals surface area (Å²) < 4.78 is 15.3. The lowest BCUT2D eigenvalue weighted by molar-refractivity contribution is -0.684. The molecule has 0 saturated carbocycles. The van der Waals surface area contributed by atoms with Crippen LogP contribution in [0.4, 0.5) is 9.39 Å². The van der Waals surface area contributed by atoms with Crippen molar-refractivity contribution in [2.45, 2.75) is 25.8 Å². The minimum atomic E-state index is -0.446. The fourth-order valence-corrected chi connectivity index (χ4v) is 4.68. The third-order valence-electron chi connectivity index (χ3n) is 4.59. The molecule has 4 nitrogen and oxygen atoms in total. The number of carbonyl (C=O) groups excluding carboxylic acids is 2. The molecule has 0 radical (unpaired) electrons. The largest absolute Gasteiger partial charge is 0.312 e. The number of anilines is 1. The van der Waals surface area contributed by atoms with Crippen molar-refractivity contribution in [2.24, 2.45) is 0 Å². The van der Waals surface area contributed by atoms with Crippen molar-refractivity contribution < 1.29 is 18.5 Å². The molecular weight excluding hydrogens is 363 g/mol. The number of ketones is 1. The Morgan fingerprint density at radius 3 is 2.70 bits per heavy atom. The molecule has 2 heterocycles. The number of thiophene rings is 1. The van der Waals surface area contributed by atoms with Crippen molar-refractivity contribution >= 4 is 28.0 Å². The monoisotopic (exact) mass is 381 g/mol. The Morgan fingerprint density at radius 1 is 1.11 bits per heavy atom. The zero-order chi connectivity index (χ0) is 18.8. The molecule has 0 atom stereocenters. The lowest BCUT2D eigenvalue weighted by Crippen LogP contribution is -2.39. The van der Waals surface area contributed by atoms with Gasteiger partial charge in [0.2, 0.25) is 6.54 Å². The number of halogens is 1. The SMILES string of the molecule is O=C(C[n+]1ccccc1)Nc1sc2c(c1C(=O)c1cccc(F)c1)CCC2. The maximum atomic E-state index is 13.6. The number of aryl methyl sites for hydroxylation is 1. The summed E-state index contributed by atoms with van der Waals surface area (Å²) in [5, 5.41) is 3.46. The van der Waals surface area contributed by atoms with Gasteiger partial charge < -0.3 is 5.32 Å². The van der Waals surface area contributed by atoms with Gasteiger partial charge in [0.1, 0.15) is 10.8 Å². The lowest BCUT2D eigenvalue weighted by atomic mass is 10.00. The molecule has 1 N–H and O–H groups in total. The van der Waals surface area contributed by atoms with Crippen molar-refractivity contribution in [3.05, 3.63) is 82.2 Å². The van der Waals surface area contributed by atoms with Gasteiger partial charge in [-0.3, -0.25) is 9.59 Å². The summed E-state index contributed by atoms with van der Waals surface area (Å²) in [6.45, 7) is 0.164. The van der Waals surface area contributed by atoms with Crippen LogP contribution >= 0.6 is 11.3 Å². The number of fused-ring (bicyclic) bond motifs is 1. The number of carbonyl (C=O) groups is 2. The van der Waals surface area contributed by atoms with Crippen LogP contribution in [0.15, 0.2) is 54.9 Å². The second-order valence-electron chi connectivity index (χ2n) is 6.50. The molecule has 0 bridgehead atoms. The molecule has 4 rings (SSSR count). The molecule has 27 heavy (non-hydrogen) atoms. The van der Waals surface area contributed by atoms with Gasteiger partial charge in [-0.05, 0) is 37.0 Å². The molecule has 0 aliphatic heterocycles. The minimum Gasteiger partial charge on any atom is -0.312 e. The van der Waals surface area contributed by atoms with Gasteiger partial charge in [-0.25, -0.2) is 4.39 Å². The topological polar surface area (TPSA) is 50.0 Å². The van der Waals surface area contributed by atoms with Crippen molar-refractivity contribution in [1.82, 2.24) is 0 Å². The highest BCUT2D eigenvalue weighted by Crippen LogP contribution is 2.40. The minimum absolute atomic E-state index is 0.164. The van der Waals surface area contributed by atoms with E-state index in [-0.39, 0.29) is 18.2 Å². The van der Waals surface area contributed by atoms with Gasteiger partial charge in [0.15, 0.2) is 18.2 Å². The van der Waals surface area contributed by atoms with Gasteiger partial charge in [-0.15, -0.1) is 11.3 Å². The second kappa shape index (κ2) is 7.40. The van der Waals surface area contributed by atoms with Crippen molar-refractivity contribution in [2.75, 3.05) is 5.32 Å². The number of hydrogen-bond acceptors (Lipinski definition) is 3. The number of hydrogen-bond donors (Lipinski definition) is 1. The van der Waals surface area contributed by atoms with E-state index >= 15 is 0 Å². The summed E-state index contributed by atoms with van der Waals surface area (Å²) >= 11 is 1.46. The number of nitrogens with zero attached hydrogens (tertiary/aromatic N) is 1. The summed E-state index contributed by atoms with van der Waals surface area (Å²) in [4.78, 5) is 26.7. The van der Waals surface area contributed by atoms with Crippen LogP contribution in [0.3, 0.4) is 0 Å². The van der Waals surface area contributed by atoms with Gasteiger partial charge in [-0.2, -0.15) is 4.57 Å². The second-order valence-corrected chi connectivity index (χ2v) is 7.60. The average Bonchev–Trinajstić information content (AvgIpc) is 3.22. The van der Waals surface area contributed by atoms with Gasteiger partial charge in [0, 0.05) is 22.6 Å². The number of benzene rings is 1. The van der Waals surface area contributed by atoms with Crippen LogP contribution in [-0.4, -0.2) is 11.7 Å². The molecule has 1 amide bonds. The highest BCUT2D eigenvalue weighted by molar-refractivity contribution is 7.17.